The molecule has 1 amide bonds. The smallest absolute Gasteiger partial charge is 0.396 e. The van der Waals surface area contributed by atoms with Crippen LogP contribution < -0.4 is 0 Å². The zero-order chi connectivity index (χ0) is 11.1. The van der Waals surface area contributed by atoms with Crippen LogP contribution in [-0.2, 0) is 19.1 Å². The lowest BCUT2D eigenvalue weighted by Crippen LogP contribution is -2.36. The number of carbonyl (C=O) groups excluding carboxylic acids is 2. The number of esters is 1. The van der Waals surface area contributed by atoms with Crippen molar-refractivity contribution in [2.75, 3.05) is 27.3 Å². The van der Waals surface area contributed by atoms with Crippen LogP contribution in [0.15, 0.2) is 0 Å². The standard InChI is InChI=1S/C9H17NO4/c1-7(2)14-6-5-10(3)8(11)9(12)13-4/h7H,5-6H2,1-4H3. The second-order valence-corrected chi connectivity index (χ2v) is 3.14. The van der Waals surface area contributed by atoms with Crippen molar-refractivity contribution in [1.82, 2.24) is 4.90 Å². The first-order chi connectivity index (χ1) is 6.49. The van der Waals surface area contributed by atoms with Crippen LogP contribution in [0.1, 0.15) is 13.8 Å². The fourth-order valence-corrected chi connectivity index (χ4v) is 0.770. The third-order valence-electron chi connectivity index (χ3n) is 1.58. The first-order valence-corrected chi connectivity index (χ1v) is 4.44. The number of methoxy groups -OCH3 is 1. The number of nitrogens with zero attached hydrogens (tertiary/aromatic N) is 1. The molecule has 0 aliphatic carbocycles. The Kier molecular flexibility index (Phi) is 5.87. The van der Waals surface area contributed by atoms with E-state index in [1.165, 1.54) is 19.1 Å². The van der Waals surface area contributed by atoms with Gasteiger partial charge in [-0.05, 0) is 13.8 Å². The van der Waals surface area contributed by atoms with Gasteiger partial charge in [0.2, 0.25) is 0 Å². The fourth-order valence-electron chi connectivity index (χ4n) is 0.770. The molecular formula is C9H17NO4. The first-order valence-electron chi connectivity index (χ1n) is 4.44. The van der Waals surface area contributed by atoms with Gasteiger partial charge in [-0.1, -0.05) is 0 Å². The van der Waals surface area contributed by atoms with Gasteiger partial charge in [0.15, 0.2) is 0 Å². The van der Waals surface area contributed by atoms with Gasteiger partial charge >= 0.3 is 11.9 Å². The molecule has 0 aromatic rings. The Bertz CT molecular complexity index is 203. The maximum Gasteiger partial charge on any atom is 0.396 e. The monoisotopic (exact) mass is 203 g/mol. The Labute approximate surface area is 84.0 Å². The third-order valence-corrected chi connectivity index (χ3v) is 1.58. The molecule has 82 valence electrons. The van der Waals surface area contributed by atoms with Crippen LogP contribution in [0.25, 0.3) is 0 Å². The lowest BCUT2D eigenvalue weighted by atomic mass is 10.4. The molecule has 0 rings (SSSR count). The van der Waals surface area contributed by atoms with Crippen LogP contribution in [0.3, 0.4) is 0 Å². The summed E-state index contributed by atoms with van der Waals surface area (Å²) in [6, 6.07) is 0. The average Bonchev–Trinajstić information content (AvgIpc) is 2.14. The van der Waals surface area contributed by atoms with Crippen LogP contribution in [0.2, 0.25) is 0 Å². The van der Waals surface area contributed by atoms with Crippen LogP contribution in [0.4, 0.5) is 0 Å². The van der Waals surface area contributed by atoms with Gasteiger partial charge in [0.25, 0.3) is 0 Å². The summed E-state index contributed by atoms with van der Waals surface area (Å²) in [5, 5.41) is 0. The molecule has 0 aromatic heterocycles. The van der Waals surface area contributed by atoms with Gasteiger partial charge in [-0.25, -0.2) is 4.79 Å². The van der Waals surface area contributed by atoms with E-state index >= 15 is 0 Å². The number of hydrogen-bond acceptors (Lipinski definition) is 4. The molecule has 0 unspecified atom stereocenters. The van der Waals surface area contributed by atoms with Crippen molar-refractivity contribution in [2.24, 2.45) is 0 Å². The van der Waals surface area contributed by atoms with E-state index < -0.39 is 11.9 Å². The number of ether oxygens (including phenoxy) is 2. The number of hydrogen-bond donors (Lipinski definition) is 0. The molecule has 5 nitrogen and oxygen atoms in total. The van der Waals surface area contributed by atoms with Crippen molar-refractivity contribution in [3.05, 3.63) is 0 Å². The van der Waals surface area contributed by atoms with E-state index in [1.54, 1.807) is 0 Å². The highest BCUT2D eigenvalue weighted by Gasteiger charge is 2.18. The van der Waals surface area contributed by atoms with E-state index in [4.69, 9.17) is 4.74 Å². The minimum atomic E-state index is -0.850. The first kappa shape index (κ1) is 12.9. The summed E-state index contributed by atoms with van der Waals surface area (Å²) < 4.78 is 9.52. The highest BCUT2D eigenvalue weighted by molar-refractivity contribution is 6.32. The number of rotatable bonds is 4. The predicted octanol–water partition coefficient (Wildman–Crippen LogP) is 0.0428. The molecular weight excluding hydrogens is 186 g/mol. The molecule has 0 spiro atoms. The molecule has 0 aliphatic heterocycles. The number of likely N-dealkylation sites (N-methyl/N-ethyl adjacent to an activating group) is 1. The second-order valence-electron chi connectivity index (χ2n) is 3.14. The normalized spacial score (nSPS) is 10.1. The van der Waals surface area contributed by atoms with Crippen LogP contribution in [0, 0.1) is 0 Å². The van der Waals surface area contributed by atoms with E-state index in [1.807, 2.05) is 13.8 Å². The summed E-state index contributed by atoms with van der Waals surface area (Å²) in [6.07, 6.45) is 0.122. The predicted molar refractivity (Wildman–Crippen MR) is 50.7 cm³/mol. The molecule has 5 heteroatoms. The minimum Gasteiger partial charge on any atom is -0.462 e. The molecule has 0 bridgehead atoms. The molecule has 0 heterocycles. The Balaban J connectivity index is 3.79. The van der Waals surface area contributed by atoms with Crippen molar-refractivity contribution >= 4 is 11.9 Å². The molecule has 14 heavy (non-hydrogen) atoms. The van der Waals surface area contributed by atoms with E-state index in [-0.39, 0.29) is 6.10 Å². The van der Waals surface area contributed by atoms with Gasteiger partial charge in [-0.3, -0.25) is 4.79 Å². The van der Waals surface area contributed by atoms with E-state index in [9.17, 15) is 9.59 Å². The van der Waals surface area contributed by atoms with Gasteiger partial charge in [0, 0.05) is 13.6 Å². The van der Waals surface area contributed by atoms with Gasteiger partial charge in [-0.15, -0.1) is 0 Å². The van der Waals surface area contributed by atoms with E-state index in [0.29, 0.717) is 13.2 Å². The summed E-state index contributed by atoms with van der Waals surface area (Å²) in [7, 11) is 2.71. The maximum absolute atomic E-state index is 11.1. The highest BCUT2D eigenvalue weighted by Crippen LogP contribution is 1.91. The second kappa shape index (κ2) is 6.37. The van der Waals surface area contributed by atoms with Crippen molar-refractivity contribution in [3.63, 3.8) is 0 Å². The molecule has 0 atom stereocenters. The van der Waals surface area contributed by atoms with Crippen molar-refractivity contribution < 1.29 is 19.1 Å². The minimum absolute atomic E-state index is 0.122. The lowest BCUT2D eigenvalue weighted by molar-refractivity contribution is -0.157. The van der Waals surface area contributed by atoms with Gasteiger partial charge in [0.05, 0.1) is 19.8 Å². The van der Waals surface area contributed by atoms with Gasteiger partial charge in [0.1, 0.15) is 0 Å². The molecule has 0 radical (unpaired) electrons. The molecule has 0 saturated heterocycles. The van der Waals surface area contributed by atoms with Crippen molar-refractivity contribution in [3.8, 4) is 0 Å². The quantitative estimate of drug-likeness (QED) is 0.478. The summed E-state index contributed by atoms with van der Waals surface area (Å²) >= 11 is 0. The Morgan fingerprint density at radius 2 is 1.93 bits per heavy atom. The Morgan fingerprint density at radius 1 is 1.36 bits per heavy atom. The molecule has 0 aromatic carbocycles. The maximum atomic E-state index is 11.1. The Hall–Kier alpha value is -1.10. The summed E-state index contributed by atoms with van der Waals surface area (Å²) in [5.74, 6) is -1.50. The van der Waals surface area contributed by atoms with Crippen LogP contribution in [-0.4, -0.2) is 50.2 Å². The zero-order valence-electron chi connectivity index (χ0n) is 9.07. The zero-order valence-corrected chi connectivity index (χ0v) is 9.07. The van der Waals surface area contributed by atoms with E-state index in [2.05, 4.69) is 4.74 Å². The summed E-state index contributed by atoms with van der Waals surface area (Å²) in [4.78, 5) is 23.2. The Morgan fingerprint density at radius 3 is 2.36 bits per heavy atom. The number of carbonyl (C=O) groups is 2. The SMILES string of the molecule is COC(=O)C(=O)N(C)CCOC(C)C. The third kappa shape index (κ3) is 4.81. The molecule has 0 saturated carbocycles. The fraction of sp³-hybridized carbons (Fsp3) is 0.778. The van der Waals surface area contributed by atoms with Crippen LogP contribution in [0.5, 0.6) is 0 Å². The van der Waals surface area contributed by atoms with Crippen LogP contribution >= 0.6 is 0 Å². The molecule has 0 aliphatic rings. The lowest BCUT2D eigenvalue weighted by Gasteiger charge is -2.16. The van der Waals surface area contributed by atoms with Crippen molar-refractivity contribution in [1.29, 1.82) is 0 Å². The topological polar surface area (TPSA) is 55.8 Å². The van der Waals surface area contributed by atoms with Gasteiger partial charge < -0.3 is 14.4 Å². The van der Waals surface area contributed by atoms with E-state index in [0.717, 1.165) is 0 Å². The van der Waals surface area contributed by atoms with Crippen molar-refractivity contribution in [2.45, 2.75) is 20.0 Å². The summed E-state index contributed by atoms with van der Waals surface area (Å²) in [6.45, 7) is 4.60. The summed E-state index contributed by atoms with van der Waals surface area (Å²) in [5.41, 5.74) is 0. The highest BCUT2D eigenvalue weighted by atomic mass is 16.5. The molecule has 0 fully saturated rings. The number of amides is 1. The largest absolute Gasteiger partial charge is 0.462 e. The molecule has 0 N–H and O–H groups in total. The van der Waals surface area contributed by atoms with Gasteiger partial charge in [-0.2, -0.15) is 0 Å². The average molecular weight is 203 g/mol.